The number of carbonyl (C=O) groups excluding carboxylic acids is 2. The minimum atomic E-state index is -0.0970. The molecular formula is C25H35N3O4. The minimum absolute atomic E-state index is 0.0970. The smallest absolute Gasteiger partial charge is 0.237 e. The van der Waals surface area contributed by atoms with Crippen LogP contribution >= 0.6 is 0 Å². The number of carbonyl (C=O) groups is 2. The number of rotatable bonds is 4. The van der Waals surface area contributed by atoms with Gasteiger partial charge in [0.25, 0.3) is 0 Å². The van der Waals surface area contributed by atoms with E-state index < -0.39 is 0 Å². The van der Waals surface area contributed by atoms with Crippen LogP contribution in [0.2, 0.25) is 0 Å². The molecule has 4 saturated heterocycles. The van der Waals surface area contributed by atoms with Crippen LogP contribution in [0.25, 0.3) is 0 Å². The Balaban J connectivity index is 1.23. The van der Waals surface area contributed by atoms with E-state index in [1.165, 1.54) is 5.56 Å². The van der Waals surface area contributed by atoms with Crippen molar-refractivity contribution in [3.63, 3.8) is 0 Å². The number of hydrogen-bond acceptors (Lipinski definition) is 5. The minimum Gasteiger partial charge on any atom is -0.381 e. The van der Waals surface area contributed by atoms with Gasteiger partial charge in [0.1, 0.15) is 0 Å². The van der Waals surface area contributed by atoms with Crippen molar-refractivity contribution in [3.05, 3.63) is 35.9 Å². The first-order valence-electron chi connectivity index (χ1n) is 12.2. The van der Waals surface area contributed by atoms with Gasteiger partial charge in [-0.25, -0.2) is 0 Å². The normalized spacial score (nSPS) is 28.6. The third kappa shape index (κ3) is 4.43. The fraction of sp³-hybridized carbons (Fsp3) is 0.680. The summed E-state index contributed by atoms with van der Waals surface area (Å²) in [6.45, 7) is 6.25. The van der Waals surface area contributed by atoms with E-state index in [4.69, 9.17) is 9.47 Å². The molecule has 0 radical (unpaired) electrons. The topological polar surface area (TPSA) is 62.3 Å². The number of amides is 2. The summed E-state index contributed by atoms with van der Waals surface area (Å²) in [7, 11) is 0. The predicted molar refractivity (Wildman–Crippen MR) is 120 cm³/mol. The number of piperazine rings is 1. The fourth-order valence-electron chi connectivity index (χ4n) is 5.96. The molecule has 5 rings (SSSR count). The first kappa shape index (κ1) is 21.9. The van der Waals surface area contributed by atoms with Gasteiger partial charge in [0.2, 0.25) is 11.8 Å². The summed E-state index contributed by atoms with van der Waals surface area (Å²) in [5.74, 6) is 0.625. The first-order valence-corrected chi connectivity index (χ1v) is 12.2. The zero-order chi connectivity index (χ0) is 22.0. The van der Waals surface area contributed by atoms with Gasteiger partial charge in [-0.2, -0.15) is 0 Å². The largest absolute Gasteiger partial charge is 0.381 e. The molecule has 0 aromatic heterocycles. The van der Waals surface area contributed by atoms with Crippen molar-refractivity contribution in [3.8, 4) is 0 Å². The first-order chi connectivity index (χ1) is 15.6. The summed E-state index contributed by atoms with van der Waals surface area (Å²) < 4.78 is 11.3. The second-order valence-electron chi connectivity index (χ2n) is 9.83. The highest BCUT2D eigenvalue weighted by atomic mass is 16.5. The molecule has 1 aromatic rings. The van der Waals surface area contributed by atoms with Crippen LogP contribution in [0.5, 0.6) is 0 Å². The van der Waals surface area contributed by atoms with Crippen molar-refractivity contribution in [2.75, 3.05) is 52.6 Å². The highest BCUT2D eigenvalue weighted by molar-refractivity contribution is 5.80. The van der Waals surface area contributed by atoms with Gasteiger partial charge in [-0.1, -0.05) is 30.3 Å². The second-order valence-corrected chi connectivity index (χ2v) is 9.83. The molecule has 1 spiro atoms. The van der Waals surface area contributed by atoms with Gasteiger partial charge in [-0.15, -0.1) is 0 Å². The Morgan fingerprint density at radius 3 is 2.44 bits per heavy atom. The fourth-order valence-corrected chi connectivity index (χ4v) is 5.96. The van der Waals surface area contributed by atoms with E-state index in [2.05, 4.69) is 21.9 Å². The molecule has 4 heterocycles. The molecular weight excluding hydrogens is 406 g/mol. The molecule has 1 unspecified atom stereocenters. The summed E-state index contributed by atoms with van der Waals surface area (Å²) >= 11 is 0. The van der Waals surface area contributed by atoms with Crippen molar-refractivity contribution in [1.82, 2.24) is 14.7 Å². The van der Waals surface area contributed by atoms with E-state index >= 15 is 0 Å². The lowest BCUT2D eigenvalue weighted by molar-refractivity contribution is -0.150. The third-order valence-electron chi connectivity index (χ3n) is 7.84. The van der Waals surface area contributed by atoms with E-state index in [0.29, 0.717) is 44.9 Å². The molecule has 2 amide bonds. The molecule has 32 heavy (non-hydrogen) atoms. The molecule has 4 fully saturated rings. The molecule has 0 aliphatic carbocycles. The highest BCUT2D eigenvalue weighted by Gasteiger charge is 2.50. The number of likely N-dealkylation sites (tertiary alicyclic amines) is 1. The van der Waals surface area contributed by atoms with Crippen molar-refractivity contribution < 1.29 is 19.1 Å². The number of ether oxygens (including phenoxy) is 2. The molecule has 1 atom stereocenters. The van der Waals surface area contributed by atoms with Gasteiger partial charge in [-0.05, 0) is 37.7 Å². The van der Waals surface area contributed by atoms with Crippen LogP contribution in [0.3, 0.4) is 0 Å². The average molecular weight is 442 g/mol. The van der Waals surface area contributed by atoms with Crippen LogP contribution in [-0.2, 0) is 25.6 Å². The third-order valence-corrected chi connectivity index (χ3v) is 7.84. The molecule has 4 aliphatic heterocycles. The molecule has 7 nitrogen and oxygen atoms in total. The van der Waals surface area contributed by atoms with Gasteiger partial charge < -0.3 is 19.3 Å². The van der Waals surface area contributed by atoms with Crippen LogP contribution in [-0.4, -0.2) is 90.7 Å². The van der Waals surface area contributed by atoms with Gasteiger partial charge in [0, 0.05) is 58.0 Å². The summed E-state index contributed by atoms with van der Waals surface area (Å²) in [6.07, 6.45) is 4.52. The van der Waals surface area contributed by atoms with Crippen LogP contribution in [0.4, 0.5) is 0 Å². The Morgan fingerprint density at radius 1 is 1.00 bits per heavy atom. The van der Waals surface area contributed by atoms with Crippen molar-refractivity contribution in [1.29, 1.82) is 0 Å². The Bertz CT molecular complexity index is 797. The number of hydrogen-bond donors (Lipinski definition) is 0. The van der Waals surface area contributed by atoms with Crippen molar-refractivity contribution in [2.45, 2.75) is 50.2 Å². The molecule has 0 N–H and O–H groups in total. The molecule has 0 saturated carbocycles. The molecule has 174 valence electrons. The maximum Gasteiger partial charge on any atom is 0.237 e. The van der Waals surface area contributed by atoms with E-state index in [9.17, 15) is 9.59 Å². The molecule has 0 bridgehead atoms. The van der Waals surface area contributed by atoms with E-state index in [1.807, 2.05) is 23.1 Å². The van der Waals surface area contributed by atoms with E-state index in [0.717, 1.165) is 58.3 Å². The standard InChI is InChI=1S/C25H35N3O4/c29-23-17-28(22-6-11-26(12-7-22)24(30)21-8-13-31-14-9-21)25(10-15-32-19-25)18-27(23)16-20-4-2-1-3-5-20/h1-5,21-22H,6-19H2. The maximum atomic E-state index is 13.1. The average Bonchev–Trinajstić information content (AvgIpc) is 3.31. The monoisotopic (exact) mass is 441 g/mol. The van der Waals surface area contributed by atoms with E-state index in [-0.39, 0.29) is 17.4 Å². The van der Waals surface area contributed by atoms with Gasteiger partial charge >= 0.3 is 0 Å². The number of benzene rings is 1. The lowest BCUT2D eigenvalue weighted by Gasteiger charge is -2.52. The summed E-state index contributed by atoms with van der Waals surface area (Å²) in [5.41, 5.74) is 1.07. The summed E-state index contributed by atoms with van der Waals surface area (Å²) in [4.78, 5) is 32.6. The zero-order valence-electron chi connectivity index (χ0n) is 18.9. The van der Waals surface area contributed by atoms with Crippen molar-refractivity contribution in [2.24, 2.45) is 5.92 Å². The van der Waals surface area contributed by atoms with Gasteiger partial charge in [-0.3, -0.25) is 14.5 Å². The Kier molecular flexibility index (Phi) is 6.49. The molecule has 4 aliphatic rings. The van der Waals surface area contributed by atoms with E-state index in [1.54, 1.807) is 0 Å². The highest BCUT2D eigenvalue weighted by Crippen LogP contribution is 2.36. The van der Waals surface area contributed by atoms with Crippen LogP contribution in [0.15, 0.2) is 30.3 Å². The lowest BCUT2D eigenvalue weighted by atomic mass is 9.87. The Morgan fingerprint density at radius 2 is 1.75 bits per heavy atom. The molecule has 7 heteroatoms. The summed E-state index contributed by atoms with van der Waals surface area (Å²) in [5, 5.41) is 0. The Hall–Kier alpha value is -1.96. The number of nitrogens with zero attached hydrogens (tertiary/aromatic N) is 3. The molecule has 1 aromatic carbocycles. The van der Waals surface area contributed by atoms with Gasteiger partial charge in [0.15, 0.2) is 0 Å². The zero-order valence-corrected chi connectivity index (χ0v) is 18.9. The Labute approximate surface area is 190 Å². The van der Waals surface area contributed by atoms with Crippen LogP contribution in [0, 0.1) is 5.92 Å². The lowest BCUT2D eigenvalue weighted by Crippen LogP contribution is -2.68. The maximum absolute atomic E-state index is 13.1. The van der Waals surface area contributed by atoms with Crippen molar-refractivity contribution >= 4 is 11.8 Å². The second kappa shape index (κ2) is 9.49. The van der Waals surface area contributed by atoms with Crippen LogP contribution in [0.1, 0.15) is 37.7 Å². The van der Waals surface area contributed by atoms with Crippen LogP contribution < -0.4 is 0 Å². The predicted octanol–water partition coefficient (Wildman–Crippen LogP) is 1.91. The quantitative estimate of drug-likeness (QED) is 0.714. The van der Waals surface area contributed by atoms with Gasteiger partial charge in [0.05, 0.1) is 18.7 Å². The SMILES string of the molecule is O=C1CN(C2CCN(C(=O)C3CCOCC3)CC2)C2(CCOC2)CN1Cc1ccccc1. The summed E-state index contributed by atoms with van der Waals surface area (Å²) in [6, 6.07) is 10.6. The number of piperidine rings is 1.